The van der Waals surface area contributed by atoms with E-state index in [-0.39, 0.29) is 23.2 Å². The van der Waals surface area contributed by atoms with Crippen molar-refractivity contribution in [2.75, 3.05) is 34.6 Å². The van der Waals surface area contributed by atoms with Crippen LogP contribution in [0.1, 0.15) is 34.6 Å². The number of rotatable bonds is 10. The number of carbonyl (C=O) groups excluding carboxylic acids is 2. The van der Waals surface area contributed by atoms with Crippen LogP contribution in [-0.2, 0) is 11.8 Å². The molecule has 0 radical (unpaired) electrons. The zero-order valence-electron chi connectivity index (χ0n) is 18.1. The summed E-state index contributed by atoms with van der Waals surface area (Å²) in [5, 5.41) is 0. The molecule has 2 rings (SSSR count). The molecule has 0 saturated carbocycles. The summed E-state index contributed by atoms with van der Waals surface area (Å²) < 4.78 is 21.6. The van der Waals surface area contributed by atoms with Crippen LogP contribution in [0.2, 0.25) is 0 Å². The van der Waals surface area contributed by atoms with E-state index in [1.165, 1.54) is 28.4 Å². The van der Waals surface area contributed by atoms with Crippen molar-refractivity contribution < 1.29 is 28.5 Å². The summed E-state index contributed by atoms with van der Waals surface area (Å²) in [6, 6.07) is 6.71. The minimum absolute atomic E-state index is 0.0186. The molecule has 2 aromatic carbocycles. The van der Waals surface area contributed by atoms with Gasteiger partial charge in [-0.15, -0.1) is 0 Å². The maximum Gasteiger partial charge on any atom is 0.208 e. The average molecular weight is 450 g/mol. The van der Waals surface area contributed by atoms with Gasteiger partial charge in [-0.3, -0.25) is 9.59 Å². The molecular weight excluding hydrogens is 423 g/mol. The van der Waals surface area contributed by atoms with Crippen molar-refractivity contribution in [1.29, 1.82) is 0 Å². The highest BCUT2D eigenvalue weighted by molar-refractivity contribution is 8.31. The average Bonchev–Trinajstić information content (AvgIpc) is 2.75. The Morgan fingerprint density at radius 3 is 1.30 bits per heavy atom. The highest BCUT2D eigenvalue weighted by Gasteiger charge is 2.41. The van der Waals surface area contributed by atoms with Crippen LogP contribution in [0, 0.1) is 5.92 Å². The second-order valence-corrected chi connectivity index (χ2v) is 11.5. The van der Waals surface area contributed by atoms with Gasteiger partial charge < -0.3 is 18.9 Å². The van der Waals surface area contributed by atoms with Crippen LogP contribution in [-0.4, -0.2) is 45.6 Å². The second kappa shape index (κ2) is 10.1. The first kappa shape index (κ1) is 23.9. The lowest BCUT2D eigenvalue weighted by atomic mass is 10.2. The van der Waals surface area contributed by atoms with E-state index in [1.54, 1.807) is 36.4 Å². The SMILES string of the molecule is COc1cccc(OC)c1C(=O)P(=S)(CC(C)C)C(=O)c1c(OC)cccc1OC. The molecule has 6 nitrogen and oxygen atoms in total. The molecule has 0 N–H and O–H groups in total. The van der Waals surface area contributed by atoms with Gasteiger partial charge in [-0.1, -0.05) is 37.8 Å². The first-order chi connectivity index (χ1) is 14.2. The smallest absolute Gasteiger partial charge is 0.208 e. The Bertz CT molecular complexity index is 870. The Morgan fingerprint density at radius 2 is 1.07 bits per heavy atom. The van der Waals surface area contributed by atoms with Gasteiger partial charge in [-0.05, 0) is 36.3 Å². The summed E-state index contributed by atoms with van der Waals surface area (Å²) in [6.07, 6.45) is 0.252. The molecule has 0 saturated heterocycles. The molecule has 0 aliphatic carbocycles. The van der Waals surface area contributed by atoms with Gasteiger partial charge >= 0.3 is 0 Å². The van der Waals surface area contributed by atoms with Gasteiger partial charge in [-0.25, -0.2) is 0 Å². The number of hydrogen-bond donors (Lipinski definition) is 0. The summed E-state index contributed by atoms with van der Waals surface area (Å²) in [5.41, 5.74) is -0.515. The fraction of sp³-hybridized carbons (Fsp3) is 0.364. The predicted molar refractivity (Wildman–Crippen MR) is 122 cm³/mol. The maximum absolute atomic E-state index is 13.9. The van der Waals surface area contributed by atoms with Crippen LogP contribution in [0.4, 0.5) is 0 Å². The van der Waals surface area contributed by atoms with Crippen LogP contribution in [0.15, 0.2) is 36.4 Å². The number of benzene rings is 2. The van der Waals surface area contributed by atoms with Crippen LogP contribution in [0.3, 0.4) is 0 Å². The Kier molecular flexibility index (Phi) is 8.04. The van der Waals surface area contributed by atoms with E-state index < -0.39 is 17.1 Å². The van der Waals surface area contributed by atoms with E-state index in [0.29, 0.717) is 23.0 Å². The van der Waals surface area contributed by atoms with E-state index in [4.69, 9.17) is 30.8 Å². The lowest BCUT2D eigenvalue weighted by Crippen LogP contribution is -2.18. The number of methoxy groups -OCH3 is 4. The highest BCUT2D eigenvalue weighted by atomic mass is 32.4. The van der Waals surface area contributed by atoms with Crippen molar-refractivity contribution in [1.82, 2.24) is 0 Å². The van der Waals surface area contributed by atoms with Gasteiger partial charge in [-0.2, -0.15) is 0 Å². The molecular formula is C22H27O6PS. The lowest BCUT2D eigenvalue weighted by molar-refractivity contribution is 0.104. The van der Waals surface area contributed by atoms with Crippen molar-refractivity contribution in [3.05, 3.63) is 47.5 Å². The van der Waals surface area contributed by atoms with Crippen LogP contribution in [0.25, 0.3) is 0 Å². The summed E-state index contributed by atoms with van der Waals surface area (Å²) >= 11 is 5.91. The summed E-state index contributed by atoms with van der Waals surface area (Å²) in [4.78, 5) is 27.7. The van der Waals surface area contributed by atoms with Crippen LogP contribution in [0.5, 0.6) is 23.0 Å². The Balaban J connectivity index is 2.76. The lowest BCUT2D eigenvalue weighted by Gasteiger charge is -2.25. The Hall–Kier alpha value is -2.37. The molecule has 0 unspecified atom stereocenters. The monoisotopic (exact) mass is 450 g/mol. The first-order valence-electron chi connectivity index (χ1n) is 9.35. The summed E-state index contributed by atoms with van der Waals surface area (Å²) in [5.74, 6) is 1.29. The quantitative estimate of drug-likeness (QED) is 0.480. The third-order valence-corrected chi connectivity index (χ3v) is 9.01. The normalized spacial score (nSPS) is 11.2. The van der Waals surface area contributed by atoms with Crippen molar-refractivity contribution in [3.63, 3.8) is 0 Å². The minimum atomic E-state index is -3.33. The zero-order valence-corrected chi connectivity index (χ0v) is 19.8. The summed E-state index contributed by atoms with van der Waals surface area (Å²) in [7, 11) is 5.84. The van der Waals surface area contributed by atoms with Gasteiger partial charge in [0.1, 0.15) is 34.1 Å². The molecule has 0 heterocycles. The fourth-order valence-electron chi connectivity index (χ4n) is 3.26. The number of carbonyl (C=O) groups is 2. The van der Waals surface area contributed by atoms with E-state index in [1.807, 2.05) is 13.8 Å². The fourth-order valence-corrected chi connectivity index (χ4v) is 7.41. The molecule has 0 bridgehead atoms. The number of hydrogen-bond acceptors (Lipinski definition) is 7. The summed E-state index contributed by atoms with van der Waals surface area (Å²) in [6.45, 7) is 3.86. The van der Waals surface area contributed by atoms with E-state index in [9.17, 15) is 9.59 Å². The van der Waals surface area contributed by atoms with Crippen LogP contribution < -0.4 is 18.9 Å². The largest absolute Gasteiger partial charge is 0.496 e. The Labute approximate surface area is 182 Å². The molecule has 162 valence electrons. The highest BCUT2D eigenvalue weighted by Crippen LogP contribution is 2.57. The van der Waals surface area contributed by atoms with Crippen molar-refractivity contribution in [2.24, 2.45) is 5.92 Å². The molecule has 0 atom stereocenters. The third kappa shape index (κ3) is 4.52. The molecule has 0 aliphatic heterocycles. The molecule has 0 spiro atoms. The van der Waals surface area contributed by atoms with Crippen LogP contribution >= 0.6 is 6.04 Å². The first-order valence-corrected chi connectivity index (χ1v) is 12.3. The molecule has 0 fully saturated rings. The molecule has 8 heteroatoms. The van der Waals surface area contributed by atoms with Crippen molar-refractivity contribution in [3.8, 4) is 23.0 Å². The maximum atomic E-state index is 13.9. The van der Waals surface area contributed by atoms with E-state index in [0.717, 1.165) is 0 Å². The standard InChI is InChI=1S/C22H27O6PS/c1-14(2)13-29(30,21(23)19-15(25-3)9-7-10-16(19)26-4)22(24)20-17(27-5)11-8-12-18(20)28-6/h7-12,14H,13H2,1-6H3. The van der Waals surface area contributed by atoms with Gasteiger partial charge in [0, 0.05) is 0 Å². The van der Waals surface area contributed by atoms with E-state index >= 15 is 0 Å². The molecule has 0 aromatic heterocycles. The zero-order chi connectivity index (χ0) is 22.5. The van der Waals surface area contributed by atoms with Crippen molar-refractivity contribution in [2.45, 2.75) is 13.8 Å². The predicted octanol–water partition coefficient (Wildman–Crippen LogP) is 4.84. The van der Waals surface area contributed by atoms with Gasteiger partial charge in [0.2, 0.25) is 11.0 Å². The molecule has 0 amide bonds. The van der Waals surface area contributed by atoms with Gasteiger partial charge in [0.25, 0.3) is 0 Å². The van der Waals surface area contributed by atoms with Gasteiger partial charge in [0.05, 0.1) is 34.5 Å². The molecule has 0 aliphatic rings. The second-order valence-electron chi connectivity index (χ2n) is 7.00. The van der Waals surface area contributed by atoms with Crippen molar-refractivity contribution >= 4 is 28.9 Å². The van der Waals surface area contributed by atoms with Gasteiger partial charge in [0.15, 0.2) is 0 Å². The Morgan fingerprint density at radius 1 is 0.767 bits per heavy atom. The molecule has 30 heavy (non-hydrogen) atoms. The third-order valence-electron chi connectivity index (χ3n) is 4.56. The topological polar surface area (TPSA) is 71.1 Å². The number of ether oxygens (including phenoxy) is 4. The molecule has 2 aromatic rings. The van der Waals surface area contributed by atoms with E-state index in [2.05, 4.69) is 0 Å². The minimum Gasteiger partial charge on any atom is -0.496 e.